The van der Waals surface area contributed by atoms with Crippen LogP contribution in [0.2, 0.25) is 5.02 Å². The van der Waals surface area contributed by atoms with Gasteiger partial charge < -0.3 is 15.1 Å². The molecule has 0 atom stereocenters. The Morgan fingerprint density at radius 3 is 2.50 bits per heavy atom. The highest BCUT2D eigenvalue weighted by Crippen LogP contribution is 2.25. The van der Waals surface area contributed by atoms with E-state index in [2.05, 4.69) is 0 Å². The minimum absolute atomic E-state index is 0.0979. The van der Waals surface area contributed by atoms with Crippen molar-refractivity contribution in [2.45, 2.75) is 6.54 Å². The van der Waals surface area contributed by atoms with Gasteiger partial charge in [-0.05, 0) is 30.3 Å². The number of carbonyl (C=O) groups is 1. The smallest absolute Gasteiger partial charge is 0.323 e. The average Bonchev–Trinajstić information content (AvgIpc) is 2.42. The first-order valence-electron chi connectivity index (χ1n) is 6.05. The van der Waals surface area contributed by atoms with E-state index in [-0.39, 0.29) is 18.8 Å². The van der Waals surface area contributed by atoms with E-state index in [0.29, 0.717) is 10.6 Å². The van der Waals surface area contributed by atoms with Crippen molar-refractivity contribution in [2.75, 3.05) is 11.4 Å². The van der Waals surface area contributed by atoms with Gasteiger partial charge in [-0.2, -0.15) is 0 Å². The van der Waals surface area contributed by atoms with E-state index in [1.54, 1.807) is 17.0 Å². The van der Waals surface area contributed by atoms with Crippen LogP contribution in [0, 0.1) is 0 Å². The summed E-state index contributed by atoms with van der Waals surface area (Å²) in [5.41, 5.74) is 1.36. The maximum absolute atomic E-state index is 11.0. The third-order valence-corrected chi connectivity index (χ3v) is 3.09. The number of halogens is 1. The topological polar surface area (TPSA) is 60.8 Å². The summed E-state index contributed by atoms with van der Waals surface area (Å²) in [5.74, 6) is -0.837. The predicted molar refractivity (Wildman–Crippen MR) is 78.2 cm³/mol. The molecule has 5 heteroatoms. The number of hydrogen-bond donors (Lipinski definition) is 2. The molecule has 0 saturated heterocycles. The Morgan fingerprint density at radius 2 is 1.85 bits per heavy atom. The van der Waals surface area contributed by atoms with Crippen LogP contribution < -0.4 is 4.90 Å². The molecule has 0 aliphatic rings. The van der Waals surface area contributed by atoms with E-state index >= 15 is 0 Å². The second kappa shape index (κ2) is 6.30. The van der Waals surface area contributed by atoms with Crippen LogP contribution in [0.15, 0.2) is 48.5 Å². The fourth-order valence-corrected chi connectivity index (χ4v) is 2.12. The van der Waals surface area contributed by atoms with Gasteiger partial charge in [-0.1, -0.05) is 29.8 Å². The first-order chi connectivity index (χ1) is 9.56. The van der Waals surface area contributed by atoms with Crippen molar-refractivity contribution in [2.24, 2.45) is 0 Å². The molecule has 104 valence electrons. The Morgan fingerprint density at radius 1 is 1.15 bits per heavy atom. The lowest BCUT2D eigenvalue weighted by Crippen LogP contribution is -2.29. The zero-order valence-corrected chi connectivity index (χ0v) is 11.4. The highest BCUT2D eigenvalue weighted by Gasteiger charge is 2.13. The molecule has 0 fully saturated rings. The minimum atomic E-state index is -0.935. The zero-order chi connectivity index (χ0) is 14.5. The molecule has 20 heavy (non-hydrogen) atoms. The Labute approximate surface area is 121 Å². The van der Waals surface area contributed by atoms with Crippen molar-refractivity contribution < 1.29 is 15.0 Å². The maximum atomic E-state index is 11.0. The van der Waals surface area contributed by atoms with Gasteiger partial charge in [-0.3, -0.25) is 4.79 Å². The molecule has 4 nitrogen and oxygen atoms in total. The van der Waals surface area contributed by atoms with Crippen molar-refractivity contribution >= 4 is 23.3 Å². The number of para-hydroxylation sites is 1. The molecule has 2 rings (SSSR count). The van der Waals surface area contributed by atoms with Crippen LogP contribution >= 0.6 is 11.6 Å². The van der Waals surface area contributed by atoms with E-state index in [9.17, 15) is 9.90 Å². The normalized spacial score (nSPS) is 10.2. The highest BCUT2D eigenvalue weighted by molar-refractivity contribution is 6.30. The molecule has 0 aromatic heterocycles. The number of aliphatic carboxylic acids is 1. The molecule has 2 aromatic carbocycles. The van der Waals surface area contributed by atoms with Gasteiger partial charge in [-0.15, -0.1) is 0 Å². The zero-order valence-electron chi connectivity index (χ0n) is 10.7. The Bertz CT molecular complexity index is 601. The molecule has 0 bridgehead atoms. The van der Waals surface area contributed by atoms with E-state index < -0.39 is 5.97 Å². The number of hydrogen-bond acceptors (Lipinski definition) is 3. The van der Waals surface area contributed by atoms with Crippen LogP contribution in [0.5, 0.6) is 5.75 Å². The van der Waals surface area contributed by atoms with E-state index in [4.69, 9.17) is 16.7 Å². The standard InChI is InChI=1S/C15H14ClNO3/c16-12-6-7-14(18)11(8-12)9-17(10-15(19)20)13-4-2-1-3-5-13/h1-8,18H,9-10H2,(H,19,20). The fraction of sp³-hybridized carbons (Fsp3) is 0.133. The lowest BCUT2D eigenvalue weighted by Gasteiger charge is -2.23. The molecule has 0 aliphatic carbocycles. The van der Waals surface area contributed by atoms with E-state index in [1.807, 2.05) is 30.3 Å². The van der Waals surface area contributed by atoms with Crippen LogP contribution in [0.25, 0.3) is 0 Å². The summed E-state index contributed by atoms with van der Waals surface area (Å²) in [7, 11) is 0. The number of carboxylic acids is 1. The third kappa shape index (κ3) is 3.65. The van der Waals surface area contributed by atoms with Crippen LogP contribution in [0.4, 0.5) is 5.69 Å². The molecular weight excluding hydrogens is 278 g/mol. The van der Waals surface area contributed by atoms with Crippen molar-refractivity contribution in [3.63, 3.8) is 0 Å². The van der Waals surface area contributed by atoms with Crippen LogP contribution in [0.1, 0.15) is 5.56 Å². The molecule has 2 N–H and O–H groups in total. The fourth-order valence-electron chi connectivity index (χ4n) is 1.93. The molecule has 0 unspecified atom stereocenters. The number of aromatic hydroxyl groups is 1. The number of rotatable bonds is 5. The largest absolute Gasteiger partial charge is 0.508 e. The lowest BCUT2D eigenvalue weighted by atomic mass is 10.1. The highest BCUT2D eigenvalue weighted by atomic mass is 35.5. The van der Waals surface area contributed by atoms with Gasteiger partial charge in [0.05, 0.1) is 0 Å². The third-order valence-electron chi connectivity index (χ3n) is 2.85. The molecule has 0 aliphatic heterocycles. The van der Waals surface area contributed by atoms with Gasteiger partial charge in [0.15, 0.2) is 0 Å². The average molecular weight is 292 g/mol. The van der Waals surface area contributed by atoms with Crippen molar-refractivity contribution in [3.8, 4) is 5.75 Å². The summed E-state index contributed by atoms with van der Waals surface area (Å²) in [5, 5.41) is 19.4. The molecule has 0 radical (unpaired) electrons. The second-order valence-corrected chi connectivity index (χ2v) is 4.79. The van der Waals surface area contributed by atoms with Crippen molar-refractivity contribution in [1.82, 2.24) is 0 Å². The lowest BCUT2D eigenvalue weighted by molar-refractivity contribution is -0.135. The Balaban J connectivity index is 2.28. The SMILES string of the molecule is O=C(O)CN(Cc1cc(Cl)ccc1O)c1ccccc1. The molecule has 2 aromatic rings. The number of carboxylic acid groups (broad SMARTS) is 1. The molecule has 0 spiro atoms. The molecule has 0 heterocycles. The van der Waals surface area contributed by atoms with Gasteiger partial charge in [-0.25, -0.2) is 0 Å². The summed E-state index contributed by atoms with van der Waals surface area (Å²) in [4.78, 5) is 12.7. The van der Waals surface area contributed by atoms with E-state index in [0.717, 1.165) is 5.69 Å². The first-order valence-corrected chi connectivity index (χ1v) is 6.43. The molecule has 0 amide bonds. The summed E-state index contributed by atoms with van der Waals surface area (Å²) in [6, 6.07) is 13.9. The van der Waals surface area contributed by atoms with Crippen LogP contribution in [-0.2, 0) is 11.3 Å². The maximum Gasteiger partial charge on any atom is 0.323 e. The van der Waals surface area contributed by atoms with Gasteiger partial charge in [0.25, 0.3) is 0 Å². The van der Waals surface area contributed by atoms with Gasteiger partial charge in [0.2, 0.25) is 0 Å². The number of anilines is 1. The number of phenols is 1. The summed E-state index contributed by atoms with van der Waals surface area (Å²) >= 11 is 5.91. The Kier molecular flexibility index (Phi) is 4.48. The van der Waals surface area contributed by atoms with Crippen molar-refractivity contribution in [3.05, 3.63) is 59.1 Å². The van der Waals surface area contributed by atoms with E-state index in [1.165, 1.54) is 6.07 Å². The summed E-state index contributed by atoms with van der Waals surface area (Å²) in [6.45, 7) is 0.110. The Hall–Kier alpha value is -2.20. The second-order valence-electron chi connectivity index (χ2n) is 4.36. The monoisotopic (exact) mass is 291 g/mol. The summed E-state index contributed by atoms with van der Waals surface area (Å²) in [6.07, 6.45) is 0. The van der Waals surface area contributed by atoms with Crippen LogP contribution in [0.3, 0.4) is 0 Å². The number of benzene rings is 2. The number of phenolic OH excluding ortho intramolecular Hbond substituents is 1. The summed E-state index contributed by atoms with van der Waals surface area (Å²) < 4.78 is 0. The van der Waals surface area contributed by atoms with Crippen LogP contribution in [-0.4, -0.2) is 22.7 Å². The number of nitrogens with zero attached hydrogens (tertiary/aromatic N) is 1. The van der Waals surface area contributed by atoms with Gasteiger partial charge >= 0.3 is 5.97 Å². The molecule has 0 saturated carbocycles. The quantitative estimate of drug-likeness (QED) is 0.888. The van der Waals surface area contributed by atoms with Gasteiger partial charge in [0, 0.05) is 22.8 Å². The minimum Gasteiger partial charge on any atom is -0.508 e. The molecular formula is C15H14ClNO3. The first kappa shape index (κ1) is 14.2. The van der Waals surface area contributed by atoms with Gasteiger partial charge in [0.1, 0.15) is 12.3 Å². The van der Waals surface area contributed by atoms with Crippen molar-refractivity contribution in [1.29, 1.82) is 0 Å². The predicted octanol–water partition coefficient (Wildman–Crippen LogP) is 3.14.